The molecular formula is C8H17N. The Bertz CT molecular complexity index is 80.6. The molecule has 1 rings (SSSR count). The number of nitrogens with zero attached hydrogens (tertiary/aromatic N) is 1. The summed E-state index contributed by atoms with van der Waals surface area (Å²) in [6.45, 7) is 4.63. The fraction of sp³-hybridized carbons (Fsp3) is 1.00. The Kier molecular flexibility index (Phi) is 2.12. The molecule has 0 aliphatic carbocycles. The van der Waals surface area contributed by atoms with Crippen LogP contribution in [-0.2, 0) is 0 Å². The third-order valence-corrected chi connectivity index (χ3v) is 2.63. The lowest BCUT2D eigenvalue weighted by molar-refractivity contribution is 0.138. The van der Waals surface area contributed by atoms with Crippen molar-refractivity contribution in [3.63, 3.8) is 0 Å². The second-order valence-electron chi connectivity index (χ2n) is 3.29. The van der Waals surface area contributed by atoms with Crippen molar-refractivity contribution in [3.05, 3.63) is 0 Å². The Balaban J connectivity index is 2.41. The fourth-order valence-electron chi connectivity index (χ4n) is 1.55. The molecule has 1 aliphatic heterocycles. The lowest BCUT2D eigenvalue weighted by Gasteiger charge is -2.35. The summed E-state index contributed by atoms with van der Waals surface area (Å²) in [5.41, 5.74) is 0. The minimum atomic E-state index is 0.814. The molecule has 1 saturated heterocycles. The molecule has 0 spiro atoms. The van der Waals surface area contributed by atoms with E-state index in [9.17, 15) is 0 Å². The maximum absolute atomic E-state index is 2.48. The van der Waals surface area contributed by atoms with Gasteiger partial charge >= 0.3 is 0 Å². The van der Waals surface area contributed by atoms with Gasteiger partial charge in [-0.15, -0.1) is 0 Å². The molecule has 1 heteroatoms. The molecule has 2 atom stereocenters. The maximum atomic E-state index is 2.48. The zero-order valence-corrected chi connectivity index (χ0v) is 6.72. The molecule has 0 saturated carbocycles. The molecule has 54 valence electrons. The van der Waals surface area contributed by atoms with Gasteiger partial charge in [-0.3, -0.25) is 0 Å². The van der Waals surface area contributed by atoms with E-state index < -0.39 is 0 Å². The number of piperidine rings is 1. The average Bonchev–Trinajstić information content (AvgIpc) is 1.83. The largest absolute Gasteiger partial charge is 0.301 e. The first kappa shape index (κ1) is 7.07. The monoisotopic (exact) mass is 127 g/mol. The standard InChI is InChI=1S/C8H17N/c1-7-5-4-6-8(2)9(7)3/h7-8H,4-6H2,1-3H3/t7-,8-/m1/s1. The highest BCUT2D eigenvalue weighted by molar-refractivity contribution is 4.75. The fourth-order valence-corrected chi connectivity index (χ4v) is 1.55. The number of likely N-dealkylation sites (tertiary alicyclic amines) is 1. The van der Waals surface area contributed by atoms with Gasteiger partial charge in [0.25, 0.3) is 0 Å². The van der Waals surface area contributed by atoms with E-state index in [1.54, 1.807) is 0 Å². The Morgan fingerprint density at radius 3 is 1.89 bits per heavy atom. The van der Waals surface area contributed by atoms with Gasteiger partial charge in [0.2, 0.25) is 0 Å². The number of hydrogen-bond acceptors (Lipinski definition) is 1. The molecule has 0 radical (unpaired) electrons. The second kappa shape index (κ2) is 2.70. The van der Waals surface area contributed by atoms with Crippen LogP contribution in [0.4, 0.5) is 0 Å². The van der Waals surface area contributed by atoms with E-state index in [1.165, 1.54) is 19.3 Å². The van der Waals surface area contributed by atoms with Gasteiger partial charge in [0.15, 0.2) is 0 Å². The van der Waals surface area contributed by atoms with Gasteiger partial charge in [-0.25, -0.2) is 0 Å². The number of rotatable bonds is 0. The molecule has 9 heavy (non-hydrogen) atoms. The Labute approximate surface area is 58.0 Å². The van der Waals surface area contributed by atoms with Crippen LogP contribution < -0.4 is 0 Å². The molecule has 0 amide bonds. The topological polar surface area (TPSA) is 3.24 Å². The van der Waals surface area contributed by atoms with Crippen molar-refractivity contribution in [1.82, 2.24) is 4.90 Å². The van der Waals surface area contributed by atoms with E-state index in [0.717, 1.165) is 12.1 Å². The third kappa shape index (κ3) is 1.45. The highest BCUT2D eigenvalue weighted by Crippen LogP contribution is 2.19. The summed E-state index contributed by atoms with van der Waals surface area (Å²) < 4.78 is 0. The molecular weight excluding hydrogens is 110 g/mol. The molecule has 0 aromatic rings. The van der Waals surface area contributed by atoms with Gasteiger partial charge in [-0.2, -0.15) is 0 Å². The SMILES string of the molecule is C[C@@H]1CCC[C@@H](C)N1C. The second-order valence-corrected chi connectivity index (χ2v) is 3.29. The van der Waals surface area contributed by atoms with Crippen LogP contribution in [0.3, 0.4) is 0 Å². The minimum absolute atomic E-state index is 0.814. The van der Waals surface area contributed by atoms with Crippen molar-refractivity contribution < 1.29 is 0 Å². The van der Waals surface area contributed by atoms with Gasteiger partial charge < -0.3 is 4.90 Å². The zero-order chi connectivity index (χ0) is 6.85. The smallest absolute Gasteiger partial charge is 0.00667 e. The molecule has 1 heterocycles. The van der Waals surface area contributed by atoms with Crippen LogP contribution in [0, 0.1) is 0 Å². The van der Waals surface area contributed by atoms with Crippen LogP contribution >= 0.6 is 0 Å². The maximum Gasteiger partial charge on any atom is 0.00667 e. The van der Waals surface area contributed by atoms with E-state index in [4.69, 9.17) is 0 Å². The molecule has 1 nitrogen and oxygen atoms in total. The van der Waals surface area contributed by atoms with Crippen molar-refractivity contribution in [3.8, 4) is 0 Å². The van der Waals surface area contributed by atoms with Gasteiger partial charge in [0, 0.05) is 12.1 Å². The van der Waals surface area contributed by atoms with Crippen LogP contribution in [0.5, 0.6) is 0 Å². The van der Waals surface area contributed by atoms with Crippen LogP contribution in [0.15, 0.2) is 0 Å². The van der Waals surface area contributed by atoms with E-state index in [1.807, 2.05) is 0 Å². The van der Waals surface area contributed by atoms with Gasteiger partial charge in [-0.05, 0) is 33.7 Å². The summed E-state index contributed by atoms with van der Waals surface area (Å²) in [6.07, 6.45) is 4.20. The molecule has 0 N–H and O–H groups in total. The summed E-state index contributed by atoms with van der Waals surface area (Å²) in [7, 11) is 2.23. The number of hydrogen-bond donors (Lipinski definition) is 0. The van der Waals surface area contributed by atoms with Crippen LogP contribution in [-0.4, -0.2) is 24.0 Å². The van der Waals surface area contributed by atoms with Crippen molar-refractivity contribution in [2.75, 3.05) is 7.05 Å². The van der Waals surface area contributed by atoms with Crippen molar-refractivity contribution in [2.45, 2.75) is 45.2 Å². The van der Waals surface area contributed by atoms with Gasteiger partial charge in [0.05, 0.1) is 0 Å². The first-order chi connectivity index (χ1) is 4.22. The van der Waals surface area contributed by atoms with Crippen LogP contribution in [0.2, 0.25) is 0 Å². The summed E-state index contributed by atoms with van der Waals surface area (Å²) in [4.78, 5) is 2.48. The average molecular weight is 127 g/mol. The van der Waals surface area contributed by atoms with Gasteiger partial charge in [-0.1, -0.05) is 6.42 Å². The molecule has 1 fully saturated rings. The van der Waals surface area contributed by atoms with Crippen molar-refractivity contribution >= 4 is 0 Å². The predicted octanol–water partition coefficient (Wildman–Crippen LogP) is 1.88. The van der Waals surface area contributed by atoms with Crippen LogP contribution in [0.25, 0.3) is 0 Å². The van der Waals surface area contributed by atoms with Crippen LogP contribution in [0.1, 0.15) is 33.1 Å². The normalized spacial score (nSPS) is 39.0. The Morgan fingerprint density at radius 2 is 1.56 bits per heavy atom. The minimum Gasteiger partial charge on any atom is -0.301 e. The summed E-state index contributed by atoms with van der Waals surface area (Å²) in [5.74, 6) is 0. The zero-order valence-electron chi connectivity index (χ0n) is 6.72. The van der Waals surface area contributed by atoms with E-state index >= 15 is 0 Å². The van der Waals surface area contributed by atoms with E-state index in [2.05, 4.69) is 25.8 Å². The summed E-state index contributed by atoms with van der Waals surface area (Å²) >= 11 is 0. The Morgan fingerprint density at radius 1 is 1.11 bits per heavy atom. The Hall–Kier alpha value is -0.0400. The summed E-state index contributed by atoms with van der Waals surface area (Å²) in [6, 6.07) is 1.63. The lowest BCUT2D eigenvalue weighted by Crippen LogP contribution is -2.40. The van der Waals surface area contributed by atoms with Crippen molar-refractivity contribution in [1.29, 1.82) is 0 Å². The first-order valence-electron chi connectivity index (χ1n) is 3.93. The predicted molar refractivity (Wildman–Crippen MR) is 40.5 cm³/mol. The molecule has 0 aromatic carbocycles. The highest BCUT2D eigenvalue weighted by Gasteiger charge is 2.19. The van der Waals surface area contributed by atoms with Crippen molar-refractivity contribution in [2.24, 2.45) is 0 Å². The lowest BCUT2D eigenvalue weighted by atomic mass is 9.99. The molecule has 0 bridgehead atoms. The quantitative estimate of drug-likeness (QED) is 0.480. The van der Waals surface area contributed by atoms with Gasteiger partial charge in [0.1, 0.15) is 0 Å². The van der Waals surface area contributed by atoms with E-state index in [0.29, 0.717) is 0 Å². The molecule has 0 aromatic heterocycles. The molecule has 0 unspecified atom stereocenters. The first-order valence-corrected chi connectivity index (χ1v) is 3.93. The summed E-state index contributed by atoms with van der Waals surface area (Å²) in [5, 5.41) is 0. The highest BCUT2D eigenvalue weighted by atomic mass is 15.2. The molecule has 1 aliphatic rings. The third-order valence-electron chi connectivity index (χ3n) is 2.63. The van der Waals surface area contributed by atoms with E-state index in [-0.39, 0.29) is 0 Å².